The molecule has 0 spiro atoms. The molecule has 0 radical (unpaired) electrons. The largest absolute Gasteiger partial charge is 0.506 e. The van der Waals surface area contributed by atoms with Crippen LogP contribution in [-0.2, 0) is 10.8 Å². The molecule has 8 rings (SSSR count). The number of benzene rings is 5. The van der Waals surface area contributed by atoms with E-state index in [0.29, 0.717) is 5.69 Å². The van der Waals surface area contributed by atoms with Crippen molar-refractivity contribution in [1.82, 2.24) is 14.5 Å². The number of para-hydroxylation sites is 3. The van der Waals surface area contributed by atoms with Gasteiger partial charge in [-0.15, -0.1) is 0 Å². The molecular formula is C48H44N4O. The molecule has 0 saturated carbocycles. The van der Waals surface area contributed by atoms with E-state index in [1.54, 1.807) is 6.07 Å². The summed E-state index contributed by atoms with van der Waals surface area (Å²) in [5.41, 5.74) is 10.8. The van der Waals surface area contributed by atoms with Gasteiger partial charge in [0.1, 0.15) is 17.2 Å². The van der Waals surface area contributed by atoms with Gasteiger partial charge in [0.05, 0.1) is 16.9 Å². The van der Waals surface area contributed by atoms with Gasteiger partial charge in [0, 0.05) is 33.9 Å². The van der Waals surface area contributed by atoms with E-state index in [1.807, 2.05) is 36.5 Å². The maximum Gasteiger partial charge on any atom is 0.146 e. The minimum Gasteiger partial charge on any atom is -0.506 e. The van der Waals surface area contributed by atoms with E-state index in [1.165, 1.54) is 5.56 Å². The smallest absolute Gasteiger partial charge is 0.146 e. The molecule has 0 amide bonds. The lowest BCUT2D eigenvalue weighted by Crippen LogP contribution is -2.15. The highest BCUT2D eigenvalue weighted by Crippen LogP contribution is 2.43. The SMILES string of the molecule is CC(C)(C)c1ccc2c(c1)c1cc(C(C)(C)C)c(-c3cccc(N(c4ccccc4)c4cc(-c5ccccc5)ccn4)c3)nc1n2-c1ccccc1O. The van der Waals surface area contributed by atoms with Crippen LogP contribution < -0.4 is 4.90 Å². The second-order valence-corrected chi connectivity index (χ2v) is 15.8. The number of hydrogen-bond acceptors (Lipinski definition) is 4. The summed E-state index contributed by atoms with van der Waals surface area (Å²) >= 11 is 0. The van der Waals surface area contributed by atoms with Gasteiger partial charge in [-0.05, 0) is 99.8 Å². The van der Waals surface area contributed by atoms with Gasteiger partial charge in [0.25, 0.3) is 0 Å². The maximum absolute atomic E-state index is 11.2. The number of phenols is 1. The van der Waals surface area contributed by atoms with Crippen molar-refractivity contribution < 1.29 is 5.11 Å². The molecule has 0 aliphatic carbocycles. The first-order valence-corrected chi connectivity index (χ1v) is 18.2. The van der Waals surface area contributed by atoms with Crippen LogP contribution in [0.1, 0.15) is 52.7 Å². The van der Waals surface area contributed by atoms with Crippen molar-refractivity contribution in [2.24, 2.45) is 0 Å². The Bertz CT molecular complexity index is 2590. The zero-order valence-corrected chi connectivity index (χ0v) is 31.2. The van der Waals surface area contributed by atoms with Gasteiger partial charge in [0.15, 0.2) is 0 Å². The highest BCUT2D eigenvalue weighted by Gasteiger charge is 2.26. The van der Waals surface area contributed by atoms with Crippen LogP contribution in [0.25, 0.3) is 50.0 Å². The molecule has 3 aromatic heterocycles. The van der Waals surface area contributed by atoms with Gasteiger partial charge < -0.3 is 5.11 Å². The molecule has 0 unspecified atom stereocenters. The molecule has 5 heteroatoms. The number of aromatic hydroxyl groups is 1. The van der Waals surface area contributed by atoms with Crippen molar-refractivity contribution in [3.8, 4) is 33.8 Å². The minimum absolute atomic E-state index is 0.0295. The van der Waals surface area contributed by atoms with Crippen LogP contribution in [0.2, 0.25) is 0 Å². The Kier molecular flexibility index (Phi) is 8.38. The van der Waals surface area contributed by atoms with Crippen molar-refractivity contribution in [3.63, 3.8) is 0 Å². The highest BCUT2D eigenvalue weighted by molar-refractivity contribution is 6.09. The molecule has 5 nitrogen and oxygen atoms in total. The number of rotatable bonds is 6. The fourth-order valence-corrected chi connectivity index (χ4v) is 7.22. The predicted molar refractivity (Wildman–Crippen MR) is 221 cm³/mol. The monoisotopic (exact) mass is 692 g/mol. The molecule has 8 aromatic rings. The minimum atomic E-state index is -0.220. The van der Waals surface area contributed by atoms with E-state index >= 15 is 0 Å². The van der Waals surface area contributed by atoms with Gasteiger partial charge >= 0.3 is 0 Å². The van der Waals surface area contributed by atoms with E-state index in [0.717, 1.165) is 67.1 Å². The molecule has 0 saturated heterocycles. The average Bonchev–Trinajstić information content (AvgIpc) is 3.48. The van der Waals surface area contributed by atoms with Gasteiger partial charge in [-0.3, -0.25) is 9.47 Å². The molecule has 1 N–H and O–H groups in total. The van der Waals surface area contributed by atoms with Crippen LogP contribution in [-0.4, -0.2) is 19.6 Å². The lowest BCUT2D eigenvalue weighted by atomic mass is 9.83. The number of anilines is 3. The van der Waals surface area contributed by atoms with Gasteiger partial charge in [-0.1, -0.05) is 120 Å². The van der Waals surface area contributed by atoms with Crippen LogP contribution in [0.5, 0.6) is 5.75 Å². The summed E-state index contributed by atoms with van der Waals surface area (Å²) in [4.78, 5) is 12.7. The summed E-state index contributed by atoms with van der Waals surface area (Å²) in [5.74, 6) is 1.03. The number of hydrogen-bond donors (Lipinski definition) is 1. The second-order valence-electron chi connectivity index (χ2n) is 15.8. The third-order valence-corrected chi connectivity index (χ3v) is 10.0. The number of phenolic OH excluding ortho intramolecular Hbond substituents is 1. The molecular weight excluding hydrogens is 649 g/mol. The van der Waals surface area contributed by atoms with Crippen LogP contribution in [0.15, 0.2) is 152 Å². The first kappa shape index (κ1) is 33.9. The Morgan fingerprint density at radius 3 is 1.96 bits per heavy atom. The molecule has 53 heavy (non-hydrogen) atoms. The van der Waals surface area contributed by atoms with Crippen molar-refractivity contribution in [2.45, 2.75) is 52.4 Å². The normalized spacial score (nSPS) is 12.0. The summed E-state index contributed by atoms with van der Waals surface area (Å²) in [5, 5.41) is 13.4. The third kappa shape index (κ3) is 6.33. The van der Waals surface area contributed by atoms with E-state index in [-0.39, 0.29) is 16.6 Å². The van der Waals surface area contributed by atoms with Crippen LogP contribution in [0.3, 0.4) is 0 Å². The van der Waals surface area contributed by atoms with Crippen molar-refractivity contribution >= 4 is 39.1 Å². The second kappa shape index (κ2) is 13.1. The molecule has 0 aliphatic rings. The molecule has 262 valence electrons. The highest BCUT2D eigenvalue weighted by atomic mass is 16.3. The molecule has 0 fully saturated rings. The van der Waals surface area contributed by atoms with Crippen molar-refractivity contribution in [3.05, 3.63) is 163 Å². The Hall–Kier alpha value is -6.20. The number of aromatic nitrogens is 3. The Morgan fingerprint density at radius 1 is 0.566 bits per heavy atom. The first-order chi connectivity index (χ1) is 25.5. The van der Waals surface area contributed by atoms with Crippen molar-refractivity contribution in [1.29, 1.82) is 0 Å². The number of nitrogens with zero attached hydrogens (tertiary/aromatic N) is 4. The lowest BCUT2D eigenvalue weighted by Gasteiger charge is -2.26. The summed E-state index contributed by atoms with van der Waals surface area (Å²) in [6, 6.07) is 50.1. The Balaban J connectivity index is 1.37. The fourth-order valence-electron chi connectivity index (χ4n) is 7.22. The molecule has 0 atom stereocenters. The van der Waals surface area contributed by atoms with Crippen LogP contribution in [0.4, 0.5) is 17.2 Å². The number of fused-ring (bicyclic) bond motifs is 3. The lowest BCUT2D eigenvalue weighted by molar-refractivity contribution is 0.473. The number of pyridine rings is 2. The van der Waals surface area contributed by atoms with Gasteiger partial charge in [-0.25, -0.2) is 9.97 Å². The fraction of sp³-hybridized carbons (Fsp3) is 0.167. The zero-order valence-electron chi connectivity index (χ0n) is 31.2. The van der Waals surface area contributed by atoms with E-state index in [2.05, 4.69) is 160 Å². The molecule has 0 bridgehead atoms. The molecule has 0 aliphatic heterocycles. The van der Waals surface area contributed by atoms with E-state index in [9.17, 15) is 5.11 Å². The third-order valence-electron chi connectivity index (χ3n) is 10.0. The standard InChI is InChI=1S/C48H44N4O/c1-47(2,3)35-24-25-41-38(30-35)39-31-40(48(4,5)6)45(50-46(39)52(41)42-22-13-14-23-43(42)53)34-18-15-21-37(28-34)51(36-19-11-8-12-20-36)44-29-33(26-27-49-44)32-16-9-7-10-17-32/h7-31,53H,1-6H3. The summed E-state index contributed by atoms with van der Waals surface area (Å²) in [6.45, 7) is 13.5. The predicted octanol–water partition coefficient (Wildman–Crippen LogP) is 12.7. The van der Waals surface area contributed by atoms with Gasteiger partial charge in [-0.2, -0.15) is 0 Å². The van der Waals surface area contributed by atoms with Crippen LogP contribution >= 0.6 is 0 Å². The Labute approximate surface area is 311 Å². The van der Waals surface area contributed by atoms with Crippen molar-refractivity contribution in [2.75, 3.05) is 4.90 Å². The Morgan fingerprint density at radius 2 is 1.25 bits per heavy atom. The summed E-state index contributed by atoms with van der Waals surface area (Å²) in [7, 11) is 0. The quantitative estimate of drug-likeness (QED) is 0.188. The van der Waals surface area contributed by atoms with Crippen LogP contribution in [0, 0.1) is 0 Å². The van der Waals surface area contributed by atoms with E-state index < -0.39 is 0 Å². The maximum atomic E-state index is 11.2. The average molecular weight is 693 g/mol. The zero-order chi connectivity index (χ0) is 36.9. The molecule has 3 heterocycles. The summed E-state index contributed by atoms with van der Waals surface area (Å²) in [6.07, 6.45) is 1.88. The van der Waals surface area contributed by atoms with E-state index in [4.69, 9.17) is 9.97 Å². The first-order valence-electron chi connectivity index (χ1n) is 18.2. The summed E-state index contributed by atoms with van der Waals surface area (Å²) < 4.78 is 2.11. The topological polar surface area (TPSA) is 54.2 Å². The molecule has 5 aromatic carbocycles. The van der Waals surface area contributed by atoms with Gasteiger partial charge in [0.2, 0.25) is 0 Å².